The van der Waals surface area contributed by atoms with Gasteiger partial charge >= 0.3 is 5.97 Å². The van der Waals surface area contributed by atoms with Crippen molar-refractivity contribution in [3.8, 4) is 0 Å². The second kappa shape index (κ2) is 8.17. The molecule has 3 rings (SSSR count). The lowest BCUT2D eigenvalue weighted by atomic mass is 9.86. The number of benzene rings is 2. The lowest BCUT2D eigenvalue weighted by Crippen LogP contribution is -2.18. The van der Waals surface area contributed by atoms with Gasteiger partial charge in [0.15, 0.2) is 0 Å². The number of hydrogen-bond donors (Lipinski definition) is 0. The molecule has 5 heteroatoms. The fourth-order valence-electron chi connectivity index (χ4n) is 3.02. The maximum Gasteiger partial charge on any atom is 0.310 e. The molecular weight excluding hydrogens is 338 g/mol. The van der Waals surface area contributed by atoms with Gasteiger partial charge in [0.2, 0.25) is 0 Å². The van der Waals surface area contributed by atoms with Gasteiger partial charge in [0, 0.05) is 5.02 Å². The fourth-order valence-corrected chi connectivity index (χ4v) is 3.15. The van der Waals surface area contributed by atoms with Gasteiger partial charge in [0.25, 0.3) is 0 Å². The first-order valence-electron chi connectivity index (χ1n) is 8.34. The van der Waals surface area contributed by atoms with E-state index in [0.29, 0.717) is 18.1 Å². The van der Waals surface area contributed by atoms with Crippen LogP contribution in [0.5, 0.6) is 0 Å². The van der Waals surface area contributed by atoms with Gasteiger partial charge in [-0.05, 0) is 29.7 Å². The number of esters is 1. The van der Waals surface area contributed by atoms with Crippen molar-refractivity contribution in [1.29, 1.82) is 0 Å². The summed E-state index contributed by atoms with van der Waals surface area (Å²) in [5.41, 5.74) is 1.95. The topological polar surface area (TPSA) is 47.9 Å². The average molecular weight is 358 g/mol. The molecule has 0 spiro atoms. The van der Waals surface area contributed by atoms with E-state index in [-0.39, 0.29) is 23.9 Å². The highest BCUT2D eigenvalue weighted by Crippen LogP contribution is 2.40. The Hall–Kier alpha value is -2.33. The summed E-state index contributed by atoms with van der Waals surface area (Å²) < 4.78 is 5.59. The third-order valence-corrected chi connectivity index (χ3v) is 4.63. The highest BCUT2D eigenvalue weighted by atomic mass is 35.5. The molecule has 0 amide bonds. The van der Waals surface area contributed by atoms with Gasteiger partial charge in [-0.1, -0.05) is 66.1 Å². The zero-order valence-corrected chi connectivity index (χ0v) is 14.7. The third-order valence-electron chi connectivity index (χ3n) is 4.38. The van der Waals surface area contributed by atoms with Crippen LogP contribution in [0, 0.1) is 11.8 Å². The van der Waals surface area contributed by atoms with Gasteiger partial charge in [-0.2, -0.15) is 0 Å². The molecule has 0 N–H and O–H groups in total. The van der Waals surface area contributed by atoms with Gasteiger partial charge in [-0.15, -0.1) is 0 Å². The summed E-state index contributed by atoms with van der Waals surface area (Å²) in [6.07, 6.45) is 2.03. The van der Waals surface area contributed by atoms with Crippen molar-refractivity contribution in [3.63, 3.8) is 0 Å². The van der Waals surface area contributed by atoms with Gasteiger partial charge in [0.05, 0.1) is 18.1 Å². The van der Waals surface area contributed by atoms with Crippen molar-refractivity contribution in [2.24, 2.45) is 17.0 Å². The molecule has 0 radical (unpaired) electrons. The van der Waals surface area contributed by atoms with E-state index >= 15 is 0 Å². The second-order valence-electron chi connectivity index (χ2n) is 6.01. The monoisotopic (exact) mass is 357 g/mol. The van der Waals surface area contributed by atoms with E-state index < -0.39 is 0 Å². The Bertz CT molecular complexity index is 730. The summed E-state index contributed by atoms with van der Waals surface area (Å²) in [5, 5.41) is 4.74. The molecule has 1 fully saturated rings. The SMILES string of the molecule is CC[C@@H]1C(=O)O[C@H](c2ccc(Cl)cc2)[C@H]1/C=N/OCc1ccccc1. The van der Waals surface area contributed by atoms with Crippen molar-refractivity contribution in [2.45, 2.75) is 26.1 Å². The number of rotatable bonds is 6. The zero-order valence-electron chi connectivity index (χ0n) is 14.0. The van der Waals surface area contributed by atoms with Crippen LogP contribution in [-0.2, 0) is 21.0 Å². The highest BCUT2D eigenvalue weighted by Gasteiger charge is 2.43. The predicted molar refractivity (Wildman–Crippen MR) is 97.3 cm³/mol. The number of carbonyl (C=O) groups excluding carboxylic acids is 1. The predicted octanol–water partition coefficient (Wildman–Crippen LogP) is 4.78. The summed E-state index contributed by atoms with van der Waals surface area (Å²) in [5.74, 6) is -0.568. The normalized spacial score (nSPS) is 23.0. The van der Waals surface area contributed by atoms with Crippen LogP contribution >= 0.6 is 11.6 Å². The molecule has 0 saturated carbocycles. The van der Waals surface area contributed by atoms with E-state index in [1.807, 2.05) is 49.4 Å². The molecular formula is C20H20ClNO3. The van der Waals surface area contributed by atoms with Crippen LogP contribution < -0.4 is 0 Å². The van der Waals surface area contributed by atoms with E-state index in [1.54, 1.807) is 18.3 Å². The Morgan fingerprint density at radius 2 is 1.88 bits per heavy atom. The van der Waals surface area contributed by atoms with E-state index in [4.69, 9.17) is 21.2 Å². The largest absolute Gasteiger partial charge is 0.457 e. The minimum Gasteiger partial charge on any atom is -0.457 e. The molecule has 1 aliphatic heterocycles. The molecule has 1 aliphatic rings. The summed E-state index contributed by atoms with van der Waals surface area (Å²) in [4.78, 5) is 17.6. The number of halogens is 1. The van der Waals surface area contributed by atoms with Crippen LogP contribution in [0.25, 0.3) is 0 Å². The molecule has 4 nitrogen and oxygen atoms in total. The van der Waals surface area contributed by atoms with Crippen molar-refractivity contribution in [3.05, 3.63) is 70.7 Å². The molecule has 0 aromatic heterocycles. The van der Waals surface area contributed by atoms with Crippen LogP contribution in [0.1, 0.15) is 30.6 Å². The summed E-state index contributed by atoms with van der Waals surface area (Å²) in [6, 6.07) is 17.2. The van der Waals surface area contributed by atoms with Crippen molar-refractivity contribution >= 4 is 23.8 Å². The maximum atomic E-state index is 12.2. The van der Waals surface area contributed by atoms with E-state index in [1.165, 1.54) is 0 Å². The molecule has 1 saturated heterocycles. The highest BCUT2D eigenvalue weighted by molar-refractivity contribution is 6.30. The van der Waals surface area contributed by atoms with Crippen LogP contribution in [-0.4, -0.2) is 12.2 Å². The standard InChI is InChI=1S/C20H20ClNO3/c1-2-17-18(12-22-24-13-14-6-4-3-5-7-14)19(25-20(17)23)15-8-10-16(21)11-9-15/h3-12,17-19H,2,13H2,1H3/b22-12+/t17-,18-,19+/m0/s1. The molecule has 25 heavy (non-hydrogen) atoms. The third kappa shape index (κ3) is 4.20. The summed E-state index contributed by atoms with van der Waals surface area (Å²) >= 11 is 5.95. The van der Waals surface area contributed by atoms with Crippen LogP contribution in [0.4, 0.5) is 0 Å². The number of ether oxygens (including phenoxy) is 1. The lowest BCUT2D eigenvalue weighted by molar-refractivity contribution is -0.144. The van der Waals surface area contributed by atoms with Crippen molar-refractivity contribution < 1.29 is 14.4 Å². The minimum atomic E-state index is -0.362. The number of carbonyl (C=O) groups is 1. The quantitative estimate of drug-likeness (QED) is 0.424. The van der Waals surface area contributed by atoms with Gasteiger partial charge in [0.1, 0.15) is 12.7 Å². The zero-order chi connectivity index (χ0) is 17.6. The molecule has 130 valence electrons. The van der Waals surface area contributed by atoms with E-state index in [9.17, 15) is 4.79 Å². The molecule has 2 aromatic rings. The fraction of sp³-hybridized carbons (Fsp3) is 0.300. The molecule has 0 bridgehead atoms. The maximum absolute atomic E-state index is 12.2. The Kier molecular flexibility index (Phi) is 5.71. The van der Waals surface area contributed by atoms with E-state index in [0.717, 1.165) is 11.1 Å². The molecule has 0 unspecified atom stereocenters. The van der Waals surface area contributed by atoms with Crippen LogP contribution in [0.15, 0.2) is 59.8 Å². The van der Waals surface area contributed by atoms with E-state index in [2.05, 4.69) is 5.16 Å². The van der Waals surface area contributed by atoms with Crippen LogP contribution in [0.3, 0.4) is 0 Å². The Morgan fingerprint density at radius 1 is 1.16 bits per heavy atom. The molecule has 0 aliphatic carbocycles. The van der Waals surface area contributed by atoms with Gasteiger partial charge in [-0.25, -0.2) is 0 Å². The smallest absolute Gasteiger partial charge is 0.310 e. The number of hydrogen-bond acceptors (Lipinski definition) is 4. The van der Waals surface area contributed by atoms with Crippen molar-refractivity contribution in [2.75, 3.05) is 0 Å². The van der Waals surface area contributed by atoms with Crippen LogP contribution in [0.2, 0.25) is 5.02 Å². The second-order valence-corrected chi connectivity index (χ2v) is 6.45. The summed E-state index contributed by atoms with van der Waals surface area (Å²) in [7, 11) is 0. The van der Waals surface area contributed by atoms with Crippen molar-refractivity contribution in [1.82, 2.24) is 0 Å². The molecule has 2 aromatic carbocycles. The minimum absolute atomic E-state index is 0.158. The average Bonchev–Trinajstić information content (AvgIpc) is 2.95. The lowest BCUT2D eigenvalue weighted by Gasteiger charge is -2.16. The number of cyclic esters (lactones) is 1. The Balaban J connectivity index is 1.71. The first-order valence-corrected chi connectivity index (χ1v) is 8.72. The Morgan fingerprint density at radius 3 is 2.56 bits per heavy atom. The molecule has 1 heterocycles. The molecule has 3 atom stereocenters. The Labute approximate surface area is 152 Å². The first-order chi connectivity index (χ1) is 12.2. The number of nitrogens with zero attached hydrogens (tertiary/aromatic N) is 1. The van der Waals surface area contributed by atoms with Gasteiger partial charge < -0.3 is 9.57 Å². The summed E-state index contributed by atoms with van der Waals surface area (Å²) in [6.45, 7) is 2.36. The van der Waals surface area contributed by atoms with Gasteiger partial charge in [-0.3, -0.25) is 4.79 Å². The number of oxime groups is 1. The first kappa shape index (κ1) is 17.5.